The standard InChI is InChI=1S/C23H15NO6/c25-19(13-30-20(26)11-10-14-5-4-12-29-14)24-18-9-3-8-17-21(18)23(28)16-7-2-1-6-15(16)22(17)27/h1-12H,13H2,(H,24,25)/b11-10+. The number of amides is 1. The fourth-order valence-corrected chi connectivity index (χ4v) is 3.16. The highest BCUT2D eigenvalue weighted by molar-refractivity contribution is 6.30. The van der Waals surface area contributed by atoms with Gasteiger partial charge in [-0.05, 0) is 24.3 Å². The molecule has 148 valence electrons. The smallest absolute Gasteiger partial charge is 0.331 e. The van der Waals surface area contributed by atoms with Crippen molar-refractivity contribution in [2.24, 2.45) is 0 Å². The number of rotatable bonds is 5. The van der Waals surface area contributed by atoms with Crippen molar-refractivity contribution in [2.75, 3.05) is 11.9 Å². The zero-order valence-corrected chi connectivity index (χ0v) is 15.6. The molecule has 0 unspecified atom stereocenters. The van der Waals surface area contributed by atoms with Crippen molar-refractivity contribution < 1.29 is 28.3 Å². The van der Waals surface area contributed by atoms with Crippen LogP contribution in [0, 0.1) is 0 Å². The Morgan fingerprint density at radius 1 is 0.900 bits per heavy atom. The van der Waals surface area contributed by atoms with Gasteiger partial charge in [-0.3, -0.25) is 14.4 Å². The van der Waals surface area contributed by atoms with Gasteiger partial charge in [0.15, 0.2) is 18.2 Å². The molecule has 1 amide bonds. The average molecular weight is 401 g/mol. The number of fused-ring (bicyclic) bond motifs is 2. The molecule has 0 radical (unpaired) electrons. The van der Waals surface area contributed by atoms with Crippen molar-refractivity contribution >= 4 is 35.2 Å². The molecule has 2 aromatic carbocycles. The number of ketones is 2. The number of hydrogen-bond acceptors (Lipinski definition) is 6. The quantitative estimate of drug-likeness (QED) is 0.407. The highest BCUT2D eigenvalue weighted by Gasteiger charge is 2.31. The summed E-state index contributed by atoms with van der Waals surface area (Å²) < 4.78 is 9.94. The fraction of sp³-hybridized carbons (Fsp3) is 0.0435. The molecular weight excluding hydrogens is 386 g/mol. The molecule has 30 heavy (non-hydrogen) atoms. The van der Waals surface area contributed by atoms with Crippen molar-refractivity contribution in [3.05, 3.63) is 95.0 Å². The lowest BCUT2D eigenvalue weighted by Crippen LogP contribution is -2.25. The molecule has 0 fully saturated rings. The lowest BCUT2D eigenvalue weighted by Gasteiger charge is -2.20. The third-order valence-electron chi connectivity index (χ3n) is 4.50. The second-order valence-electron chi connectivity index (χ2n) is 6.44. The Balaban J connectivity index is 1.47. The van der Waals surface area contributed by atoms with E-state index >= 15 is 0 Å². The summed E-state index contributed by atoms with van der Waals surface area (Å²) in [6, 6.07) is 14.5. The monoisotopic (exact) mass is 401 g/mol. The molecule has 0 atom stereocenters. The minimum absolute atomic E-state index is 0.124. The van der Waals surface area contributed by atoms with Crippen LogP contribution in [0.5, 0.6) is 0 Å². The van der Waals surface area contributed by atoms with Crippen molar-refractivity contribution in [1.29, 1.82) is 0 Å². The van der Waals surface area contributed by atoms with E-state index in [0.717, 1.165) is 6.08 Å². The van der Waals surface area contributed by atoms with Gasteiger partial charge in [0, 0.05) is 22.8 Å². The number of benzene rings is 2. The Hall–Kier alpha value is -4.26. The van der Waals surface area contributed by atoms with E-state index in [9.17, 15) is 19.2 Å². The molecule has 3 aromatic rings. The van der Waals surface area contributed by atoms with Gasteiger partial charge >= 0.3 is 5.97 Å². The molecule has 1 N–H and O–H groups in total. The molecular formula is C23H15NO6. The Morgan fingerprint density at radius 3 is 2.37 bits per heavy atom. The van der Waals surface area contributed by atoms with E-state index in [2.05, 4.69) is 5.32 Å². The van der Waals surface area contributed by atoms with Crippen LogP contribution in [0.25, 0.3) is 6.08 Å². The summed E-state index contributed by atoms with van der Waals surface area (Å²) in [5, 5.41) is 2.55. The first-order chi connectivity index (χ1) is 14.5. The van der Waals surface area contributed by atoms with Crippen LogP contribution in [0.2, 0.25) is 0 Å². The van der Waals surface area contributed by atoms with Crippen LogP contribution in [-0.4, -0.2) is 30.0 Å². The van der Waals surface area contributed by atoms with Gasteiger partial charge in [0.2, 0.25) is 0 Å². The highest BCUT2D eigenvalue weighted by atomic mass is 16.5. The van der Waals surface area contributed by atoms with Gasteiger partial charge in [-0.2, -0.15) is 0 Å². The van der Waals surface area contributed by atoms with Crippen LogP contribution in [0.1, 0.15) is 37.6 Å². The lowest BCUT2D eigenvalue weighted by molar-refractivity contribution is -0.142. The average Bonchev–Trinajstić information content (AvgIpc) is 3.28. The topological polar surface area (TPSA) is 103 Å². The van der Waals surface area contributed by atoms with E-state index in [1.807, 2.05) is 0 Å². The molecule has 7 nitrogen and oxygen atoms in total. The number of esters is 1. The van der Waals surface area contributed by atoms with Crippen molar-refractivity contribution in [3.63, 3.8) is 0 Å². The van der Waals surface area contributed by atoms with Gasteiger partial charge in [-0.25, -0.2) is 4.79 Å². The van der Waals surface area contributed by atoms with Crippen LogP contribution in [-0.2, 0) is 14.3 Å². The number of nitrogens with one attached hydrogen (secondary N) is 1. The first kappa shape index (κ1) is 19.1. The maximum atomic E-state index is 12.9. The van der Waals surface area contributed by atoms with Crippen molar-refractivity contribution in [3.8, 4) is 0 Å². The first-order valence-electron chi connectivity index (χ1n) is 9.04. The molecule has 7 heteroatoms. The molecule has 0 bridgehead atoms. The van der Waals surface area contributed by atoms with E-state index in [4.69, 9.17) is 9.15 Å². The second kappa shape index (κ2) is 8.00. The van der Waals surface area contributed by atoms with Crippen LogP contribution in [0.15, 0.2) is 71.4 Å². The Labute approximate surface area is 171 Å². The molecule has 4 rings (SSSR count). The minimum Gasteiger partial charge on any atom is -0.465 e. The lowest BCUT2D eigenvalue weighted by atomic mass is 9.83. The molecule has 1 heterocycles. The zero-order valence-electron chi connectivity index (χ0n) is 15.6. The Morgan fingerprint density at radius 2 is 1.63 bits per heavy atom. The largest absolute Gasteiger partial charge is 0.465 e. The molecule has 0 saturated heterocycles. The number of hydrogen-bond donors (Lipinski definition) is 1. The second-order valence-corrected chi connectivity index (χ2v) is 6.44. The van der Waals surface area contributed by atoms with Gasteiger partial charge in [0.1, 0.15) is 5.76 Å². The van der Waals surface area contributed by atoms with Crippen LogP contribution in [0.4, 0.5) is 5.69 Å². The maximum absolute atomic E-state index is 12.9. The third kappa shape index (κ3) is 3.68. The third-order valence-corrected chi connectivity index (χ3v) is 4.50. The van der Waals surface area contributed by atoms with Crippen molar-refractivity contribution in [2.45, 2.75) is 0 Å². The number of ether oxygens (including phenoxy) is 1. The number of furan rings is 1. The number of carbonyl (C=O) groups is 4. The summed E-state index contributed by atoms with van der Waals surface area (Å²) in [5.74, 6) is -1.53. The summed E-state index contributed by atoms with van der Waals surface area (Å²) >= 11 is 0. The normalized spacial score (nSPS) is 12.4. The SMILES string of the molecule is O=C(COC(=O)/C=C/c1ccco1)Nc1cccc2c1C(=O)c1ccccc1C2=O. The summed E-state index contributed by atoms with van der Waals surface area (Å²) in [7, 11) is 0. The van der Waals surface area contributed by atoms with E-state index in [1.165, 1.54) is 18.4 Å². The fourth-order valence-electron chi connectivity index (χ4n) is 3.16. The van der Waals surface area contributed by atoms with E-state index in [1.54, 1.807) is 48.5 Å². The molecule has 0 aliphatic heterocycles. The highest BCUT2D eigenvalue weighted by Crippen LogP contribution is 2.31. The van der Waals surface area contributed by atoms with Gasteiger partial charge in [-0.1, -0.05) is 36.4 Å². The van der Waals surface area contributed by atoms with Gasteiger partial charge in [-0.15, -0.1) is 0 Å². The van der Waals surface area contributed by atoms with E-state index in [-0.39, 0.29) is 33.9 Å². The summed E-state index contributed by atoms with van der Waals surface area (Å²) in [4.78, 5) is 49.6. The van der Waals surface area contributed by atoms with Gasteiger partial charge < -0.3 is 14.5 Å². The molecule has 0 saturated carbocycles. The summed E-state index contributed by atoms with van der Waals surface area (Å²) in [6.07, 6.45) is 4.01. The van der Waals surface area contributed by atoms with Crippen molar-refractivity contribution in [1.82, 2.24) is 0 Å². The molecule has 1 aliphatic rings. The van der Waals surface area contributed by atoms with E-state index in [0.29, 0.717) is 11.3 Å². The van der Waals surface area contributed by atoms with Crippen LogP contribution in [0.3, 0.4) is 0 Å². The minimum atomic E-state index is -0.725. The predicted octanol–water partition coefficient (Wildman–Crippen LogP) is 3.25. The molecule has 1 aromatic heterocycles. The summed E-state index contributed by atoms with van der Waals surface area (Å²) in [6.45, 7) is -0.552. The predicted molar refractivity (Wildman–Crippen MR) is 107 cm³/mol. The van der Waals surface area contributed by atoms with Gasteiger partial charge in [0.05, 0.1) is 17.5 Å². The first-order valence-corrected chi connectivity index (χ1v) is 9.04. The maximum Gasteiger partial charge on any atom is 0.331 e. The zero-order chi connectivity index (χ0) is 21.1. The van der Waals surface area contributed by atoms with Crippen LogP contribution < -0.4 is 5.32 Å². The number of carbonyl (C=O) groups excluding carboxylic acids is 4. The molecule has 0 spiro atoms. The van der Waals surface area contributed by atoms with Crippen LogP contribution >= 0.6 is 0 Å². The van der Waals surface area contributed by atoms with E-state index < -0.39 is 18.5 Å². The Kier molecular flexibility index (Phi) is 5.09. The van der Waals surface area contributed by atoms with Gasteiger partial charge in [0.25, 0.3) is 5.91 Å². The summed E-state index contributed by atoms with van der Waals surface area (Å²) in [5.41, 5.74) is 1.14. The molecule has 1 aliphatic carbocycles. The Bertz CT molecular complexity index is 1190. The number of anilines is 1.